The highest BCUT2D eigenvalue weighted by atomic mass is 35.5. The van der Waals surface area contributed by atoms with Crippen molar-refractivity contribution in [2.75, 3.05) is 6.54 Å². The Labute approximate surface area is 143 Å². The first-order valence-corrected chi connectivity index (χ1v) is 8.73. The molecule has 1 aliphatic rings. The third kappa shape index (κ3) is 2.18. The van der Waals surface area contributed by atoms with E-state index in [0.29, 0.717) is 0 Å². The maximum atomic E-state index is 6.70. The third-order valence-corrected chi connectivity index (χ3v) is 5.95. The Balaban J connectivity index is 1.97. The largest absolute Gasteiger partial charge is 0.283 e. The summed E-state index contributed by atoms with van der Waals surface area (Å²) in [5.41, 5.74) is 4.59. The van der Waals surface area contributed by atoms with E-state index >= 15 is 0 Å². The number of nitrogens with zero attached hydrogens (tertiary/aromatic N) is 1. The van der Waals surface area contributed by atoms with Crippen LogP contribution in [0.2, 0.25) is 10.0 Å². The molecular weight excluding hydrogens is 333 g/mol. The van der Waals surface area contributed by atoms with Crippen LogP contribution in [0.25, 0.3) is 10.1 Å². The SMILES string of the molecule is Cc1cccc2sc(C3=NCCc4ccc(Cl)cc43)c(Cl)c12. The molecule has 0 radical (unpaired) electrons. The standard InChI is InChI=1S/C18H13Cl2NS/c1-10-3-2-4-14-15(10)16(20)18(22-14)17-13-9-12(19)6-5-11(13)7-8-21-17/h2-6,9H,7-8H2,1H3. The van der Waals surface area contributed by atoms with Crippen LogP contribution in [-0.2, 0) is 6.42 Å². The summed E-state index contributed by atoms with van der Waals surface area (Å²) in [7, 11) is 0. The topological polar surface area (TPSA) is 12.4 Å². The molecule has 0 bridgehead atoms. The summed E-state index contributed by atoms with van der Waals surface area (Å²) < 4.78 is 1.21. The molecule has 1 aromatic heterocycles. The quantitative estimate of drug-likeness (QED) is 0.519. The first kappa shape index (κ1) is 14.3. The van der Waals surface area contributed by atoms with Crippen LogP contribution in [0.15, 0.2) is 41.4 Å². The lowest BCUT2D eigenvalue weighted by Crippen LogP contribution is -2.13. The summed E-state index contributed by atoms with van der Waals surface area (Å²) in [4.78, 5) is 5.80. The molecule has 1 aliphatic heterocycles. The van der Waals surface area contributed by atoms with E-state index in [9.17, 15) is 0 Å². The third-order valence-electron chi connectivity index (χ3n) is 4.06. The van der Waals surface area contributed by atoms with Crippen molar-refractivity contribution in [1.82, 2.24) is 0 Å². The zero-order valence-corrected chi connectivity index (χ0v) is 14.3. The second-order valence-electron chi connectivity index (χ2n) is 5.48. The number of thiophene rings is 1. The highest BCUT2D eigenvalue weighted by Crippen LogP contribution is 2.39. The average molecular weight is 346 g/mol. The van der Waals surface area contributed by atoms with Crippen molar-refractivity contribution in [3.8, 4) is 0 Å². The smallest absolute Gasteiger partial charge is 0.0837 e. The van der Waals surface area contributed by atoms with Gasteiger partial charge in [0.2, 0.25) is 0 Å². The predicted molar refractivity (Wildman–Crippen MR) is 97.2 cm³/mol. The van der Waals surface area contributed by atoms with Crippen LogP contribution < -0.4 is 0 Å². The Bertz CT molecular complexity index is 924. The molecule has 0 fully saturated rings. The lowest BCUT2D eigenvalue weighted by molar-refractivity contribution is 0.945. The predicted octanol–water partition coefficient (Wildman–Crippen LogP) is 5.91. The molecule has 0 saturated carbocycles. The summed E-state index contributed by atoms with van der Waals surface area (Å²) >= 11 is 14.6. The fourth-order valence-corrected chi connectivity index (χ4v) is 4.86. The molecule has 0 saturated heterocycles. The van der Waals surface area contributed by atoms with Crippen molar-refractivity contribution < 1.29 is 0 Å². The molecule has 4 heteroatoms. The van der Waals surface area contributed by atoms with E-state index in [4.69, 9.17) is 28.2 Å². The maximum Gasteiger partial charge on any atom is 0.0837 e. The summed E-state index contributed by atoms with van der Waals surface area (Å²) in [6.45, 7) is 2.89. The number of hydrogen-bond acceptors (Lipinski definition) is 2. The maximum absolute atomic E-state index is 6.70. The van der Waals surface area contributed by atoms with Gasteiger partial charge in [0.05, 0.1) is 15.6 Å². The van der Waals surface area contributed by atoms with Crippen LogP contribution in [0.1, 0.15) is 21.6 Å². The molecule has 0 N–H and O–H groups in total. The highest BCUT2D eigenvalue weighted by molar-refractivity contribution is 7.22. The first-order valence-electron chi connectivity index (χ1n) is 7.16. The number of benzene rings is 2. The van der Waals surface area contributed by atoms with Gasteiger partial charge in [-0.1, -0.05) is 41.4 Å². The number of aryl methyl sites for hydroxylation is 1. The molecule has 0 amide bonds. The van der Waals surface area contributed by atoms with Crippen molar-refractivity contribution in [1.29, 1.82) is 0 Å². The number of rotatable bonds is 1. The van der Waals surface area contributed by atoms with E-state index in [0.717, 1.165) is 44.5 Å². The number of hydrogen-bond donors (Lipinski definition) is 0. The van der Waals surface area contributed by atoms with Crippen LogP contribution in [-0.4, -0.2) is 12.3 Å². The Morgan fingerprint density at radius 3 is 2.82 bits per heavy atom. The normalized spacial score (nSPS) is 14.0. The van der Waals surface area contributed by atoms with Crippen LogP contribution in [0.4, 0.5) is 0 Å². The van der Waals surface area contributed by atoms with E-state index in [1.54, 1.807) is 11.3 Å². The zero-order valence-electron chi connectivity index (χ0n) is 12.0. The van der Waals surface area contributed by atoms with Gasteiger partial charge in [-0.15, -0.1) is 11.3 Å². The molecule has 110 valence electrons. The molecule has 4 rings (SSSR count). The van der Waals surface area contributed by atoms with Crippen molar-refractivity contribution in [3.63, 3.8) is 0 Å². The zero-order chi connectivity index (χ0) is 15.3. The monoisotopic (exact) mass is 345 g/mol. The van der Waals surface area contributed by atoms with E-state index in [1.807, 2.05) is 12.1 Å². The van der Waals surface area contributed by atoms with Crippen LogP contribution in [0.5, 0.6) is 0 Å². The molecule has 0 atom stereocenters. The molecule has 1 nitrogen and oxygen atoms in total. The van der Waals surface area contributed by atoms with Gasteiger partial charge in [-0.3, -0.25) is 4.99 Å². The van der Waals surface area contributed by atoms with Gasteiger partial charge in [-0.2, -0.15) is 0 Å². The first-order chi connectivity index (χ1) is 10.6. The van der Waals surface area contributed by atoms with Gasteiger partial charge in [0.1, 0.15) is 0 Å². The van der Waals surface area contributed by atoms with Gasteiger partial charge in [-0.05, 0) is 42.7 Å². The number of halogens is 2. The molecule has 2 heterocycles. The van der Waals surface area contributed by atoms with Crippen LogP contribution in [0.3, 0.4) is 0 Å². The number of aliphatic imine (C=N–C) groups is 1. The lowest BCUT2D eigenvalue weighted by Gasteiger charge is -2.16. The molecule has 0 spiro atoms. The second kappa shape index (κ2) is 5.38. The molecule has 22 heavy (non-hydrogen) atoms. The summed E-state index contributed by atoms with van der Waals surface area (Å²) in [5, 5.41) is 2.69. The minimum atomic E-state index is 0.738. The fourth-order valence-electron chi connectivity index (χ4n) is 2.98. The van der Waals surface area contributed by atoms with E-state index < -0.39 is 0 Å². The Hall–Kier alpha value is -1.35. The van der Waals surface area contributed by atoms with Crippen molar-refractivity contribution in [2.45, 2.75) is 13.3 Å². The van der Waals surface area contributed by atoms with Gasteiger partial charge in [0.15, 0.2) is 0 Å². The minimum Gasteiger partial charge on any atom is -0.283 e. The van der Waals surface area contributed by atoms with Crippen molar-refractivity contribution in [3.05, 3.63) is 68.0 Å². The second-order valence-corrected chi connectivity index (χ2v) is 7.34. The van der Waals surface area contributed by atoms with Crippen molar-refractivity contribution in [2.24, 2.45) is 4.99 Å². The number of fused-ring (bicyclic) bond motifs is 2. The Kier molecular flexibility index (Phi) is 3.48. The molecular formula is C18H13Cl2NS. The van der Waals surface area contributed by atoms with E-state index in [2.05, 4.69) is 31.2 Å². The summed E-state index contributed by atoms with van der Waals surface area (Å²) in [6, 6.07) is 12.3. The van der Waals surface area contributed by atoms with E-state index in [1.165, 1.54) is 15.8 Å². The van der Waals surface area contributed by atoms with Crippen LogP contribution in [0, 0.1) is 6.92 Å². The summed E-state index contributed by atoms with van der Waals surface area (Å²) in [6.07, 6.45) is 0.956. The van der Waals surface area contributed by atoms with Gasteiger partial charge in [-0.25, -0.2) is 0 Å². The van der Waals surface area contributed by atoms with Gasteiger partial charge in [0, 0.05) is 27.2 Å². The van der Waals surface area contributed by atoms with Crippen molar-refractivity contribution >= 4 is 50.3 Å². The molecule has 0 aliphatic carbocycles. The lowest BCUT2D eigenvalue weighted by atomic mass is 9.96. The van der Waals surface area contributed by atoms with Gasteiger partial charge >= 0.3 is 0 Å². The van der Waals surface area contributed by atoms with E-state index in [-0.39, 0.29) is 0 Å². The van der Waals surface area contributed by atoms with Crippen LogP contribution >= 0.6 is 34.5 Å². The van der Waals surface area contributed by atoms with Gasteiger partial charge in [0.25, 0.3) is 0 Å². The summed E-state index contributed by atoms with van der Waals surface area (Å²) in [5.74, 6) is 0. The fraction of sp³-hybridized carbons (Fsp3) is 0.167. The Morgan fingerprint density at radius 2 is 2.00 bits per heavy atom. The average Bonchev–Trinajstić information content (AvgIpc) is 2.85. The molecule has 0 unspecified atom stereocenters. The Morgan fingerprint density at radius 1 is 1.14 bits per heavy atom. The molecule has 2 aromatic carbocycles. The minimum absolute atomic E-state index is 0.738. The molecule has 3 aromatic rings. The van der Waals surface area contributed by atoms with Gasteiger partial charge < -0.3 is 0 Å². The highest BCUT2D eigenvalue weighted by Gasteiger charge is 2.22.